The van der Waals surface area contributed by atoms with Gasteiger partial charge in [-0.2, -0.15) is 0 Å². The van der Waals surface area contributed by atoms with Crippen molar-refractivity contribution in [1.29, 1.82) is 0 Å². The first-order valence-corrected chi connectivity index (χ1v) is 5.84. The fourth-order valence-electron chi connectivity index (χ4n) is 1.72. The maximum Gasteiger partial charge on any atom is 0.121 e. The molecule has 0 aliphatic carbocycles. The number of hydrogen-bond acceptors (Lipinski definition) is 4. The van der Waals surface area contributed by atoms with Crippen molar-refractivity contribution >= 4 is 5.69 Å². The zero-order chi connectivity index (χ0) is 12.7. The van der Waals surface area contributed by atoms with Gasteiger partial charge in [-0.05, 0) is 24.2 Å². The molecule has 0 aliphatic heterocycles. The van der Waals surface area contributed by atoms with E-state index in [4.69, 9.17) is 15.2 Å². The molecule has 0 bridgehead atoms. The van der Waals surface area contributed by atoms with E-state index < -0.39 is 0 Å². The molecule has 0 aliphatic rings. The van der Waals surface area contributed by atoms with Crippen LogP contribution in [0.1, 0.15) is 12.5 Å². The van der Waals surface area contributed by atoms with E-state index in [0.29, 0.717) is 0 Å². The van der Waals surface area contributed by atoms with E-state index in [0.717, 1.165) is 37.7 Å². The van der Waals surface area contributed by atoms with Crippen LogP contribution in [-0.2, 0) is 11.3 Å². The Morgan fingerprint density at radius 2 is 2.00 bits per heavy atom. The first-order valence-electron chi connectivity index (χ1n) is 5.84. The molecular formula is C13H22N2O2. The Morgan fingerprint density at radius 1 is 1.24 bits per heavy atom. The number of anilines is 1. The van der Waals surface area contributed by atoms with Gasteiger partial charge >= 0.3 is 0 Å². The summed E-state index contributed by atoms with van der Waals surface area (Å²) in [6, 6.07) is 5.83. The van der Waals surface area contributed by atoms with Crippen LogP contribution in [0.15, 0.2) is 18.2 Å². The lowest BCUT2D eigenvalue weighted by atomic mass is 10.1. The molecule has 1 aromatic carbocycles. The minimum Gasteiger partial charge on any atom is -0.497 e. The third-order valence-corrected chi connectivity index (χ3v) is 2.69. The highest BCUT2D eigenvalue weighted by Gasteiger charge is 2.05. The summed E-state index contributed by atoms with van der Waals surface area (Å²) in [5, 5.41) is 0. The zero-order valence-electron chi connectivity index (χ0n) is 10.9. The molecule has 0 atom stereocenters. The molecule has 17 heavy (non-hydrogen) atoms. The normalized spacial score (nSPS) is 10.8. The summed E-state index contributed by atoms with van der Waals surface area (Å²) in [4.78, 5) is 2.30. The minimum atomic E-state index is 0.738. The molecule has 1 aromatic rings. The Bertz CT molecular complexity index is 342. The number of likely N-dealkylation sites (N-methyl/N-ethyl adjacent to an activating group) is 1. The predicted molar refractivity (Wildman–Crippen MR) is 70.2 cm³/mol. The van der Waals surface area contributed by atoms with E-state index in [1.54, 1.807) is 14.2 Å². The SMILES string of the molecule is CCN(CCOC)Cc1cc(N)cc(OC)c1. The lowest BCUT2D eigenvalue weighted by molar-refractivity contribution is 0.147. The van der Waals surface area contributed by atoms with Gasteiger partial charge in [-0.25, -0.2) is 0 Å². The zero-order valence-corrected chi connectivity index (χ0v) is 10.9. The molecule has 0 spiro atoms. The van der Waals surface area contributed by atoms with Gasteiger partial charge in [0.1, 0.15) is 5.75 Å². The second kappa shape index (κ2) is 7.14. The quantitative estimate of drug-likeness (QED) is 0.735. The first kappa shape index (κ1) is 13.8. The van der Waals surface area contributed by atoms with E-state index in [1.807, 2.05) is 18.2 Å². The number of ether oxygens (including phenoxy) is 2. The fraction of sp³-hybridized carbons (Fsp3) is 0.538. The molecule has 0 radical (unpaired) electrons. The van der Waals surface area contributed by atoms with Gasteiger partial charge in [0.05, 0.1) is 13.7 Å². The molecule has 0 aromatic heterocycles. The second-order valence-electron chi connectivity index (χ2n) is 3.98. The molecule has 96 valence electrons. The molecule has 0 fully saturated rings. The number of nitrogen functional groups attached to an aromatic ring is 1. The van der Waals surface area contributed by atoms with Gasteiger partial charge in [0.25, 0.3) is 0 Å². The molecule has 0 unspecified atom stereocenters. The van der Waals surface area contributed by atoms with Gasteiger partial charge in [-0.1, -0.05) is 6.92 Å². The first-order chi connectivity index (χ1) is 8.19. The van der Waals surface area contributed by atoms with Crippen molar-refractivity contribution in [2.24, 2.45) is 0 Å². The summed E-state index contributed by atoms with van der Waals surface area (Å²) in [7, 11) is 3.37. The highest BCUT2D eigenvalue weighted by molar-refractivity contribution is 5.47. The third-order valence-electron chi connectivity index (χ3n) is 2.69. The summed E-state index contributed by atoms with van der Waals surface area (Å²) >= 11 is 0. The van der Waals surface area contributed by atoms with E-state index in [9.17, 15) is 0 Å². The second-order valence-corrected chi connectivity index (χ2v) is 3.98. The van der Waals surface area contributed by atoms with E-state index >= 15 is 0 Å². The van der Waals surface area contributed by atoms with Crippen LogP contribution >= 0.6 is 0 Å². The van der Waals surface area contributed by atoms with Gasteiger partial charge in [0, 0.05) is 32.0 Å². The molecule has 2 N–H and O–H groups in total. The average Bonchev–Trinajstić information content (AvgIpc) is 2.33. The topological polar surface area (TPSA) is 47.7 Å². The Balaban J connectivity index is 2.68. The van der Waals surface area contributed by atoms with E-state index in [1.165, 1.54) is 5.56 Å². The smallest absolute Gasteiger partial charge is 0.121 e. The highest BCUT2D eigenvalue weighted by atomic mass is 16.5. The Kier molecular flexibility index (Phi) is 5.80. The van der Waals surface area contributed by atoms with Crippen LogP contribution in [0.3, 0.4) is 0 Å². The van der Waals surface area contributed by atoms with Crippen molar-refractivity contribution in [1.82, 2.24) is 4.90 Å². The number of hydrogen-bond donors (Lipinski definition) is 1. The summed E-state index contributed by atoms with van der Waals surface area (Å²) < 4.78 is 10.3. The third kappa shape index (κ3) is 4.63. The van der Waals surface area contributed by atoms with Crippen LogP contribution in [0.2, 0.25) is 0 Å². The molecule has 4 nitrogen and oxygen atoms in total. The lowest BCUT2D eigenvalue weighted by Gasteiger charge is -2.20. The summed E-state index contributed by atoms with van der Waals surface area (Å²) in [6.07, 6.45) is 0. The van der Waals surface area contributed by atoms with Crippen LogP contribution in [-0.4, -0.2) is 38.8 Å². The standard InChI is InChI=1S/C13H22N2O2/c1-4-15(5-6-16-2)10-11-7-12(14)9-13(8-11)17-3/h7-9H,4-6,10,14H2,1-3H3. The van der Waals surface area contributed by atoms with Crippen molar-refractivity contribution in [2.45, 2.75) is 13.5 Å². The van der Waals surface area contributed by atoms with Crippen molar-refractivity contribution in [3.8, 4) is 5.75 Å². The van der Waals surface area contributed by atoms with E-state index in [2.05, 4.69) is 11.8 Å². The van der Waals surface area contributed by atoms with Crippen LogP contribution in [0.5, 0.6) is 5.75 Å². The lowest BCUT2D eigenvalue weighted by Crippen LogP contribution is -2.26. The summed E-state index contributed by atoms with van der Waals surface area (Å²) in [5.74, 6) is 0.808. The van der Waals surface area contributed by atoms with Crippen LogP contribution < -0.4 is 10.5 Å². The van der Waals surface area contributed by atoms with Gasteiger partial charge in [-0.15, -0.1) is 0 Å². The number of rotatable bonds is 7. The monoisotopic (exact) mass is 238 g/mol. The van der Waals surface area contributed by atoms with Crippen molar-refractivity contribution in [3.63, 3.8) is 0 Å². The molecule has 4 heteroatoms. The van der Waals surface area contributed by atoms with Crippen molar-refractivity contribution < 1.29 is 9.47 Å². The Labute approximate surface area is 103 Å². The molecule has 0 saturated heterocycles. The van der Waals surface area contributed by atoms with Gasteiger partial charge in [0.15, 0.2) is 0 Å². The number of nitrogens with two attached hydrogens (primary N) is 1. The minimum absolute atomic E-state index is 0.738. The predicted octanol–water partition coefficient (Wildman–Crippen LogP) is 1.75. The van der Waals surface area contributed by atoms with Crippen LogP contribution in [0.4, 0.5) is 5.69 Å². The molecule has 1 rings (SSSR count). The fourth-order valence-corrected chi connectivity index (χ4v) is 1.72. The largest absolute Gasteiger partial charge is 0.497 e. The van der Waals surface area contributed by atoms with Crippen LogP contribution in [0.25, 0.3) is 0 Å². The van der Waals surface area contributed by atoms with Crippen LogP contribution in [0, 0.1) is 0 Å². The number of methoxy groups -OCH3 is 2. The van der Waals surface area contributed by atoms with Crippen molar-refractivity contribution in [3.05, 3.63) is 23.8 Å². The molecule has 0 heterocycles. The summed E-state index contributed by atoms with van der Waals surface area (Å²) in [5.41, 5.74) is 7.73. The molecule has 0 amide bonds. The Morgan fingerprint density at radius 3 is 2.59 bits per heavy atom. The van der Waals surface area contributed by atoms with Gasteiger partial charge in [-0.3, -0.25) is 4.90 Å². The maximum atomic E-state index is 5.83. The number of benzene rings is 1. The number of nitrogens with zero attached hydrogens (tertiary/aromatic N) is 1. The average molecular weight is 238 g/mol. The highest BCUT2D eigenvalue weighted by Crippen LogP contribution is 2.19. The summed E-state index contributed by atoms with van der Waals surface area (Å²) in [6.45, 7) is 5.65. The van der Waals surface area contributed by atoms with Gasteiger partial charge < -0.3 is 15.2 Å². The van der Waals surface area contributed by atoms with Crippen molar-refractivity contribution in [2.75, 3.05) is 39.6 Å². The van der Waals surface area contributed by atoms with E-state index in [-0.39, 0.29) is 0 Å². The maximum absolute atomic E-state index is 5.83. The molecule has 0 saturated carbocycles. The van der Waals surface area contributed by atoms with Gasteiger partial charge in [0.2, 0.25) is 0 Å². The molecular weight excluding hydrogens is 216 g/mol. The Hall–Kier alpha value is -1.26.